The van der Waals surface area contributed by atoms with E-state index in [4.69, 9.17) is 0 Å². The minimum absolute atomic E-state index is 0.253. The predicted molar refractivity (Wildman–Crippen MR) is 84.6 cm³/mol. The van der Waals surface area contributed by atoms with E-state index in [0.717, 1.165) is 23.3 Å². The average Bonchev–Trinajstić information content (AvgIpc) is 3.07. The van der Waals surface area contributed by atoms with Gasteiger partial charge in [-0.05, 0) is 36.7 Å². The van der Waals surface area contributed by atoms with Gasteiger partial charge in [-0.25, -0.2) is 0 Å². The van der Waals surface area contributed by atoms with Gasteiger partial charge in [-0.3, -0.25) is 4.79 Å². The Labute approximate surface area is 125 Å². The second-order valence-corrected chi connectivity index (χ2v) is 7.24. The molecule has 2 saturated carbocycles. The molecule has 2 bridgehead atoms. The second kappa shape index (κ2) is 6.66. The van der Waals surface area contributed by atoms with Crippen LogP contribution in [0.3, 0.4) is 0 Å². The van der Waals surface area contributed by atoms with Crippen molar-refractivity contribution in [3.63, 3.8) is 0 Å². The zero-order valence-corrected chi connectivity index (χ0v) is 12.7. The van der Waals surface area contributed by atoms with Gasteiger partial charge in [-0.1, -0.05) is 36.8 Å². The molecule has 20 heavy (non-hydrogen) atoms. The van der Waals surface area contributed by atoms with E-state index in [-0.39, 0.29) is 5.91 Å². The van der Waals surface area contributed by atoms with Crippen molar-refractivity contribution in [2.45, 2.75) is 43.9 Å². The van der Waals surface area contributed by atoms with E-state index in [1.807, 2.05) is 17.8 Å². The SMILES string of the molecule is O=C(CCSCc1ccccc1)N[C@@H]1C[C@H]2CC[C@@H]1C2. The van der Waals surface area contributed by atoms with Crippen molar-refractivity contribution < 1.29 is 4.79 Å². The van der Waals surface area contributed by atoms with Crippen molar-refractivity contribution in [1.82, 2.24) is 5.32 Å². The van der Waals surface area contributed by atoms with Crippen LogP contribution in [-0.4, -0.2) is 17.7 Å². The molecule has 0 heterocycles. The fourth-order valence-corrected chi connectivity index (χ4v) is 4.53. The van der Waals surface area contributed by atoms with Crippen molar-refractivity contribution in [2.24, 2.45) is 11.8 Å². The Balaban J connectivity index is 1.32. The lowest BCUT2D eigenvalue weighted by molar-refractivity contribution is -0.121. The van der Waals surface area contributed by atoms with Crippen molar-refractivity contribution >= 4 is 17.7 Å². The molecule has 0 aromatic heterocycles. The lowest BCUT2D eigenvalue weighted by Gasteiger charge is -2.22. The predicted octanol–water partition coefficient (Wildman–Crippen LogP) is 3.61. The van der Waals surface area contributed by atoms with Crippen LogP contribution in [0.25, 0.3) is 0 Å². The molecule has 3 heteroatoms. The van der Waals surface area contributed by atoms with Gasteiger partial charge >= 0.3 is 0 Å². The summed E-state index contributed by atoms with van der Waals surface area (Å²) in [5, 5.41) is 3.26. The number of benzene rings is 1. The number of rotatable bonds is 6. The van der Waals surface area contributed by atoms with Gasteiger partial charge in [-0.15, -0.1) is 0 Å². The summed E-state index contributed by atoms with van der Waals surface area (Å²) in [4.78, 5) is 12.0. The molecule has 1 aromatic carbocycles. The Kier molecular flexibility index (Phi) is 4.66. The summed E-state index contributed by atoms with van der Waals surface area (Å²) in [6.07, 6.45) is 5.97. The van der Waals surface area contributed by atoms with Gasteiger partial charge in [0.05, 0.1) is 0 Å². The highest BCUT2D eigenvalue weighted by atomic mass is 32.2. The number of carbonyl (C=O) groups is 1. The van der Waals surface area contributed by atoms with Crippen LogP contribution in [0.2, 0.25) is 0 Å². The van der Waals surface area contributed by atoms with Gasteiger partial charge in [0.1, 0.15) is 0 Å². The van der Waals surface area contributed by atoms with Crippen molar-refractivity contribution in [3.8, 4) is 0 Å². The molecule has 2 aliphatic carbocycles. The molecule has 3 atom stereocenters. The smallest absolute Gasteiger partial charge is 0.221 e. The van der Waals surface area contributed by atoms with Crippen LogP contribution < -0.4 is 5.32 Å². The highest BCUT2D eigenvalue weighted by Gasteiger charge is 2.39. The van der Waals surface area contributed by atoms with Gasteiger partial charge in [-0.2, -0.15) is 11.8 Å². The van der Waals surface area contributed by atoms with Crippen LogP contribution in [0.4, 0.5) is 0 Å². The number of hydrogen-bond acceptors (Lipinski definition) is 2. The summed E-state index contributed by atoms with van der Waals surface area (Å²) in [5.74, 6) is 3.85. The number of fused-ring (bicyclic) bond motifs is 2. The van der Waals surface area contributed by atoms with Crippen molar-refractivity contribution in [3.05, 3.63) is 35.9 Å². The van der Waals surface area contributed by atoms with E-state index in [0.29, 0.717) is 12.5 Å². The number of carbonyl (C=O) groups excluding carboxylic acids is 1. The first kappa shape index (κ1) is 14.0. The fourth-order valence-electron chi connectivity index (χ4n) is 3.63. The molecule has 0 spiro atoms. The molecule has 2 nitrogen and oxygen atoms in total. The molecule has 1 amide bonds. The fraction of sp³-hybridized carbons (Fsp3) is 0.588. The van der Waals surface area contributed by atoms with Gasteiger partial charge in [0.25, 0.3) is 0 Å². The van der Waals surface area contributed by atoms with E-state index >= 15 is 0 Å². The van der Waals surface area contributed by atoms with E-state index in [9.17, 15) is 4.79 Å². The van der Waals surface area contributed by atoms with Crippen LogP contribution in [0, 0.1) is 11.8 Å². The molecule has 0 saturated heterocycles. The Morgan fingerprint density at radius 2 is 2.05 bits per heavy atom. The molecule has 0 radical (unpaired) electrons. The first-order chi connectivity index (χ1) is 9.81. The highest BCUT2D eigenvalue weighted by Crippen LogP contribution is 2.44. The largest absolute Gasteiger partial charge is 0.353 e. The number of thioether (sulfide) groups is 1. The van der Waals surface area contributed by atoms with Crippen molar-refractivity contribution in [2.75, 3.05) is 5.75 Å². The van der Waals surface area contributed by atoms with Crippen LogP contribution in [0.1, 0.15) is 37.7 Å². The lowest BCUT2D eigenvalue weighted by Crippen LogP contribution is -2.38. The van der Waals surface area contributed by atoms with Crippen LogP contribution in [0.15, 0.2) is 30.3 Å². The summed E-state index contributed by atoms with van der Waals surface area (Å²) in [7, 11) is 0. The first-order valence-corrected chi connectivity index (χ1v) is 8.88. The standard InChI is InChI=1S/C17H23NOS/c19-17(18-16-11-14-6-7-15(16)10-14)8-9-20-12-13-4-2-1-3-5-13/h1-5,14-16H,6-12H2,(H,18,19)/t14-,15+,16+/m0/s1. The zero-order valence-electron chi connectivity index (χ0n) is 11.9. The summed E-state index contributed by atoms with van der Waals surface area (Å²) in [5.41, 5.74) is 1.34. The molecule has 108 valence electrons. The van der Waals surface area contributed by atoms with E-state index in [1.54, 1.807) is 0 Å². The van der Waals surface area contributed by atoms with E-state index in [1.165, 1.54) is 31.2 Å². The third kappa shape index (κ3) is 3.57. The van der Waals surface area contributed by atoms with Crippen molar-refractivity contribution in [1.29, 1.82) is 0 Å². The Morgan fingerprint density at radius 3 is 2.75 bits per heavy atom. The maximum atomic E-state index is 12.0. The molecule has 1 aromatic rings. The monoisotopic (exact) mass is 289 g/mol. The quantitative estimate of drug-likeness (QED) is 0.811. The maximum absolute atomic E-state index is 12.0. The van der Waals surface area contributed by atoms with E-state index in [2.05, 4.69) is 29.6 Å². The molecule has 0 aliphatic heterocycles. The number of amides is 1. The highest BCUT2D eigenvalue weighted by molar-refractivity contribution is 7.98. The topological polar surface area (TPSA) is 29.1 Å². The third-order valence-corrected chi connectivity index (χ3v) is 5.70. The third-order valence-electron chi connectivity index (χ3n) is 4.67. The van der Waals surface area contributed by atoms with Gasteiger partial charge in [0, 0.05) is 24.0 Å². The van der Waals surface area contributed by atoms with Crippen LogP contribution >= 0.6 is 11.8 Å². The summed E-state index contributed by atoms with van der Waals surface area (Å²) in [6, 6.07) is 10.9. The molecule has 1 N–H and O–H groups in total. The molecular weight excluding hydrogens is 266 g/mol. The Bertz CT molecular complexity index is 448. The average molecular weight is 289 g/mol. The van der Waals surface area contributed by atoms with Gasteiger partial charge < -0.3 is 5.32 Å². The lowest BCUT2D eigenvalue weighted by atomic mass is 9.95. The number of nitrogens with one attached hydrogen (secondary N) is 1. The van der Waals surface area contributed by atoms with Crippen LogP contribution in [-0.2, 0) is 10.5 Å². The maximum Gasteiger partial charge on any atom is 0.221 e. The zero-order chi connectivity index (χ0) is 13.8. The van der Waals surface area contributed by atoms with Gasteiger partial charge in [0.2, 0.25) is 5.91 Å². The van der Waals surface area contributed by atoms with Crippen LogP contribution in [0.5, 0.6) is 0 Å². The minimum atomic E-state index is 0.253. The Morgan fingerprint density at radius 1 is 1.20 bits per heavy atom. The molecule has 0 unspecified atom stereocenters. The summed E-state index contributed by atoms with van der Waals surface area (Å²) >= 11 is 1.85. The summed E-state index contributed by atoms with van der Waals surface area (Å²) < 4.78 is 0. The normalized spacial score (nSPS) is 27.7. The molecule has 2 aliphatic rings. The molecular formula is C17H23NOS. The summed E-state index contributed by atoms with van der Waals surface area (Å²) in [6.45, 7) is 0. The molecule has 3 rings (SSSR count). The number of hydrogen-bond donors (Lipinski definition) is 1. The first-order valence-electron chi connectivity index (χ1n) is 7.72. The van der Waals surface area contributed by atoms with E-state index < -0.39 is 0 Å². The molecule has 2 fully saturated rings. The Hall–Kier alpha value is -0.960. The minimum Gasteiger partial charge on any atom is -0.353 e. The van der Waals surface area contributed by atoms with Gasteiger partial charge in [0.15, 0.2) is 0 Å². The second-order valence-electron chi connectivity index (χ2n) is 6.14.